The molecule has 0 aliphatic rings. The van der Waals surface area contributed by atoms with Crippen molar-refractivity contribution in [3.05, 3.63) is 29.6 Å². The van der Waals surface area contributed by atoms with Gasteiger partial charge in [0.1, 0.15) is 0 Å². The Morgan fingerprint density at radius 2 is 2.00 bits per heavy atom. The molecule has 0 saturated heterocycles. The number of nitrogens with zero attached hydrogens (tertiary/aromatic N) is 1. The number of rotatable bonds is 4. The molecule has 0 saturated carbocycles. The van der Waals surface area contributed by atoms with Crippen LogP contribution in [-0.4, -0.2) is 18.6 Å². The van der Waals surface area contributed by atoms with Crippen molar-refractivity contribution in [3.8, 4) is 11.3 Å². The second kappa shape index (κ2) is 4.99. The quantitative estimate of drug-likeness (QED) is 0.851. The molecule has 2 rings (SSSR count). The van der Waals surface area contributed by atoms with Crippen molar-refractivity contribution >= 4 is 22.2 Å². The Morgan fingerprint density at radius 3 is 2.56 bits per heavy atom. The summed E-state index contributed by atoms with van der Waals surface area (Å²) < 4.78 is 0. The molecule has 2 aromatic rings. The first-order valence-corrected chi connectivity index (χ1v) is 6.19. The monoisotopic (exact) mass is 233 g/mol. The van der Waals surface area contributed by atoms with Gasteiger partial charge in [0.2, 0.25) is 0 Å². The van der Waals surface area contributed by atoms with Crippen LogP contribution in [0.3, 0.4) is 0 Å². The summed E-state index contributed by atoms with van der Waals surface area (Å²) in [6.07, 6.45) is 0. The summed E-state index contributed by atoms with van der Waals surface area (Å²) in [5.41, 5.74) is 3.33. The fraction of sp³-hybridized carbons (Fsp3) is 0.250. The minimum Gasteiger partial charge on any atom is -0.385 e. The first kappa shape index (κ1) is 11.0. The lowest BCUT2D eigenvalue weighted by Gasteiger charge is -2.03. The van der Waals surface area contributed by atoms with Crippen molar-refractivity contribution in [2.75, 3.05) is 24.2 Å². The van der Waals surface area contributed by atoms with Crippen LogP contribution in [-0.2, 0) is 0 Å². The van der Waals surface area contributed by atoms with E-state index in [0.717, 1.165) is 28.6 Å². The van der Waals surface area contributed by atoms with E-state index >= 15 is 0 Å². The lowest BCUT2D eigenvalue weighted by Crippen LogP contribution is -1.95. The predicted molar refractivity (Wildman–Crippen MR) is 71.3 cm³/mol. The van der Waals surface area contributed by atoms with E-state index in [1.807, 2.05) is 7.05 Å². The molecule has 0 aliphatic carbocycles. The van der Waals surface area contributed by atoms with Gasteiger partial charge >= 0.3 is 0 Å². The molecule has 0 aliphatic heterocycles. The van der Waals surface area contributed by atoms with Gasteiger partial charge in [-0.3, -0.25) is 0 Å². The Kier molecular flexibility index (Phi) is 3.41. The third-order valence-corrected chi connectivity index (χ3v) is 3.14. The average Bonchev–Trinajstić information content (AvgIpc) is 2.79. The van der Waals surface area contributed by atoms with Crippen molar-refractivity contribution < 1.29 is 0 Å². The number of nitrogens with one attached hydrogen (secondary N) is 2. The Bertz CT molecular complexity index is 448. The number of anilines is 2. The summed E-state index contributed by atoms with van der Waals surface area (Å²) in [5, 5.41) is 9.33. The van der Waals surface area contributed by atoms with Gasteiger partial charge in [0.25, 0.3) is 0 Å². The molecule has 84 valence electrons. The van der Waals surface area contributed by atoms with Crippen molar-refractivity contribution in [2.24, 2.45) is 0 Å². The normalized spacial score (nSPS) is 10.1. The van der Waals surface area contributed by atoms with E-state index in [1.165, 1.54) is 0 Å². The third kappa shape index (κ3) is 2.33. The van der Waals surface area contributed by atoms with Crippen LogP contribution in [0.25, 0.3) is 11.3 Å². The van der Waals surface area contributed by atoms with Gasteiger partial charge in [-0.2, -0.15) is 0 Å². The molecule has 16 heavy (non-hydrogen) atoms. The third-order valence-electron chi connectivity index (χ3n) is 2.28. The highest BCUT2D eigenvalue weighted by molar-refractivity contribution is 7.14. The highest BCUT2D eigenvalue weighted by Gasteiger charge is 2.02. The van der Waals surface area contributed by atoms with Crippen molar-refractivity contribution in [1.29, 1.82) is 0 Å². The van der Waals surface area contributed by atoms with Gasteiger partial charge in [-0.15, -0.1) is 11.3 Å². The molecule has 4 heteroatoms. The zero-order valence-corrected chi connectivity index (χ0v) is 10.3. The molecule has 0 unspecified atom stereocenters. The van der Waals surface area contributed by atoms with Gasteiger partial charge in [0.15, 0.2) is 5.13 Å². The average molecular weight is 233 g/mol. The van der Waals surface area contributed by atoms with Crippen molar-refractivity contribution in [3.63, 3.8) is 0 Å². The van der Waals surface area contributed by atoms with Crippen LogP contribution in [0.5, 0.6) is 0 Å². The van der Waals surface area contributed by atoms with E-state index in [-0.39, 0.29) is 0 Å². The van der Waals surface area contributed by atoms with Crippen LogP contribution in [0, 0.1) is 0 Å². The fourth-order valence-corrected chi connectivity index (χ4v) is 2.17. The van der Waals surface area contributed by atoms with E-state index in [9.17, 15) is 0 Å². The molecule has 0 amide bonds. The zero-order chi connectivity index (χ0) is 11.4. The second-order valence-electron chi connectivity index (χ2n) is 3.40. The predicted octanol–water partition coefficient (Wildman–Crippen LogP) is 3.28. The SMILES string of the molecule is CCNc1ccc(-c2csc(NC)n2)cc1. The molecule has 2 N–H and O–H groups in total. The Labute approximate surface area is 99.5 Å². The van der Waals surface area contributed by atoms with Gasteiger partial charge in [-0.1, -0.05) is 12.1 Å². The Morgan fingerprint density at radius 1 is 1.25 bits per heavy atom. The highest BCUT2D eigenvalue weighted by atomic mass is 32.1. The summed E-state index contributed by atoms with van der Waals surface area (Å²) in [6, 6.07) is 8.34. The molecule has 0 fully saturated rings. The Hall–Kier alpha value is -1.55. The highest BCUT2D eigenvalue weighted by Crippen LogP contribution is 2.25. The van der Waals surface area contributed by atoms with E-state index in [2.05, 4.69) is 52.2 Å². The van der Waals surface area contributed by atoms with E-state index in [1.54, 1.807) is 11.3 Å². The molecule has 0 atom stereocenters. The lowest BCUT2D eigenvalue weighted by atomic mass is 10.1. The molecule has 0 bridgehead atoms. The van der Waals surface area contributed by atoms with Crippen LogP contribution in [0.1, 0.15) is 6.92 Å². The first-order chi connectivity index (χ1) is 7.83. The molecule has 1 aromatic heterocycles. The largest absolute Gasteiger partial charge is 0.385 e. The maximum absolute atomic E-state index is 4.46. The molecule has 1 aromatic carbocycles. The molecule has 0 radical (unpaired) electrons. The molecular weight excluding hydrogens is 218 g/mol. The summed E-state index contributed by atoms with van der Waals surface area (Å²) in [4.78, 5) is 4.46. The standard InChI is InChI=1S/C12H15N3S/c1-3-14-10-6-4-9(5-7-10)11-8-16-12(13-2)15-11/h4-8,14H,3H2,1-2H3,(H,13,15). The molecule has 0 spiro atoms. The van der Waals surface area contributed by atoms with Crippen LogP contribution < -0.4 is 10.6 Å². The van der Waals surface area contributed by atoms with Crippen LogP contribution in [0.2, 0.25) is 0 Å². The van der Waals surface area contributed by atoms with Gasteiger partial charge in [-0.25, -0.2) is 4.98 Å². The van der Waals surface area contributed by atoms with E-state index in [0.29, 0.717) is 0 Å². The van der Waals surface area contributed by atoms with Gasteiger partial charge in [0, 0.05) is 30.2 Å². The van der Waals surface area contributed by atoms with Crippen LogP contribution in [0.15, 0.2) is 29.6 Å². The number of thiazole rings is 1. The first-order valence-electron chi connectivity index (χ1n) is 5.31. The van der Waals surface area contributed by atoms with Crippen molar-refractivity contribution in [2.45, 2.75) is 6.92 Å². The summed E-state index contributed by atoms with van der Waals surface area (Å²) in [5.74, 6) is 0. The van der Waals surface area contributed by atoms with Gasteiger partial charge < -0.3 is 10.6 Å². The zero-order valence-electron chi connectivity index (χ0n) is 9.45. The number of hydrogen-bond donors (Lipinski definition) is 2. The van der Waals surface area contributed by atoms with Crippen LogP contribution in [0.4, 0.5) is 10.8 Å². The number of hydrogen-bond acceptors (Lipinski definition) is 4. The maximum atomic E-state index is 4.46. The topological polar surface area (TPSA) is 37.0 Å². The summed E-state index contributed by atoms with van der Waals surface area (Å²) >= 11 is 1.62. The smallest absolute Gasteiger partial charge is 0.182 e. The minimum atomic E-state index is 0.944. The second-order valence-corrected chi connectivity index (χ2v) is 4.25. The number of benzene rings is 1. The summed E-state index contributed by atoms with van der Waals surface area (Å²) in [7, 11) is 1.89. The lowest BCUT2D eigenvalue weighted by molar-refractivity contribution is 1.21. The molecule has 3 nitrogen and oxygen atoms in total. The maximum Gasteiger partial charge on any atom is 0.182 e. The Balaban J connectivity index is 2.20. The van der Waals surface area contributed by atoms with Gasteiger partial charge in [-0.05, 0) is 19.1 Å². The van der Waals surface area contributed by atoms with E-state index in [4.69, 9.17) is 0 Å². The number of aromatic nitrogens is 1. The van der Waals surface area contributed by atoms with Gasteiger partial charge in [0.05, 0.1) is 5.69 Å². The molecular formula is C12H15N3S. The fourth-order valence-electron chi connectivity index (χ4n) is 1.48. The summed E-state index contributed by atoms with van der Waals surface area (Å²) in [6.45, 7) is 3.04. The van der Waals surface area contributed by atoms with E-state index < -0.39 is 0 Å². The molecule has 1 heterocycles. The minimum absolute atomic E-state index is 0.944. The van der Waals surface area contributed by atoms with Crippen molar-refractivity contribution in [1.82, 2.24) is 4.98 Å². The van der Waals surface area contributed by atoms with Crippen LogP contribution >= 0.6 is 11.3 Å².